The minimum absolute atomic E-state index is 0.110. The maximum atomic E-state index is 8.47. The molecule has 3 heteroatoms. The van der Waals surface area contributed by atoms with Crippen molar-refractivity contribution in [3.8, 4) is 0 Å². The van der Waals surface area contributed by atoms with E-state index >= 15 is 0 Å². The van der Waals surface area contributed by atoms with Gasteiger partial charge in [-0.15, -0.1) is 0 Å². The number of hydrogen-bond acceptors (Lipinski definition) is 3. The van der Waals surface area contributed by atoms with Crippen LogP contribution in [0.15, 0.2) is 0 Å². The van der Waals surface area contributed by atoms with Gasteiger partial charge >= 0.3 is 0 Å². The Labute approximate surface area is 100 Å². The second-order valence-electron chi connectivity index (χ2n) is 4.07. The summed E-state index contributed by atoms with van der Waals surface area (Å²) >= 11 is 0. The predicted octanol–water partition coefficient (Wildman–Crippen LogP) is 2.76. The monoisotopic (exact) mass is 232 g/mol. The SMILES string of the molecule is CCCCCCCCOCCCOCCO. The molecule has 98 valence electrons. The van der Waals surface area contributed by atoms with E-state index in [1.165, 1.54) is 38.5 Å². The van der Waals surface area contributed by atoms with Crippen LogP contribution in [0.4, 0.5) is 0 Å². The molecule has 0 aromatic heterocycles. The van der Waals surface area contributed by atoms with Gasteiger partial charge in [0.15, 0.2) is 0 Å². The largest absolute Gasteiger partial charge is 0.394 e. The summed E-state index contributed by atoms with van der Waals surface area (Å²) in [6.45, 7) is 5.14. The van der Waals surface area contributed by atoms with Crippen LogP contribution in [0.3, 0.4) is 0 Å². The molecule has 0 amide bonds. The zero-order chi connectivity index (χ0) is 11.9. The first-order valence-electron chi connectivity index (χ1n) is 6.68. The van der Waals surface area contributed by atoms with E-state index in [4.69, 9.17) is 14.6 Å². The van der Waals surface area contributed by atoms with Crippen LogP contribution < -0.4 is 0 Å². The molecular weight excluding hydrogens is 204 g/mol. The summed E-state index contributed by atoms with van der Waals surface area (Å²) < 4.78 is 10.6. The summed E-state index contributed by atoms with van der Waals surface area (Å²) in [5.41, 5.74) is 0. The molecule has 0 unspecified atom stereocenters. The van der Waals surface area contributed by atoms with Gasteiger partial charge in [-0.2, -0.15) is 0 Å². The summed E-state index contributed by atoms with van der Waals surface area (Å²) in [7, 11) is 0. The fourth-order valence-corrected chi connectivity index (χ4v) is 1.52. The summed E-state index contributed by atoms with van der Waals surface area (Å²) in [5, 5.41) is 8.47. The lowest BCUT2D eigenvalue weighted by Crippen LogP contribution is -2.04. The van der Waals surface area contributed by atoms with Gasteiger partial charge in [0.2, 0.25) is 0 Å². The highest BCUT2D eigenvalue weighted by molar-refractivity contribution is 4.43. The van der Waals surface area contributed by atoms with Crippen LogP contribution in [0.25, 0.3) is 0 Å². The van der Waals surface area contributed by atoms with E-state index in [0.29, 0.717) is 13.2 Å². The van der Waals surface area contributed by atoms with E-state index < -0.39 is 0 Å². The maximum absolute atomic E-state index is 8.47. The van der Waals surface area contributed by atoms with Gasteiger partial charge in [-0.25, -0.2) is 0 Å². The lowest BCUT2D eigenvalue weighted by molar-refractivity contribution is 0.0629. The summed E-state index contributed by atoms with van der Waals surface area (Å²) in [6, 6.07) is 0. The van der Waals surface area contributed by atoms with E-state index in [2.05, 4.69) is 6.92 Å². The molecule has 0 radical (unpaired) electrons. The molecule has 0 aromatic carbocycles. The van der Waals surface area contributed by atoms with Gasteiger partial charge in [-0.3, -0.25) is 0 Å². The van der Waals surface area contributed by atoms with Crippen LogP contribution in [0, 0.1) is 0 Å². The predicted molar refractivity (Wildman–Crippen MR) is 66.7 cm³/mol. The lowest BCUT2D eigenvalue weighted by Gasteiger charge is -2.04. The van der Waals surface area contributed by atoms with Gasteiger partial charge in [0, 0.05) is 19.8 Å². The highest BCUT2D eigenvalue weighted by Crippen LogP contribution is 2.04. The summed E-state index contributed by atoms with van der Waals surface area (Å²) in [6.07, 6.45) is 8.79. The normalized spacial score (nSPS) is 10.9. The number of unbranched alkanes of at least 4 members (excludes halogenated alkanes) is 5. The van der Waals surface area contributed by atoms with Crippen molar-refractivity contribution >= 4 is 0 Å². The van der Waals surface area contributed by atoms with Crippen molar-refractivity contribution in [3.63, 3.8) is 0 Å². The Balaban J connectivity index is 2.83. The first kappa shape index (κ1) is 15.9. The van der Waals surface area contributed by atoms with Gasteiger partial charge in [-0.1, -0.05) is 39.0 Å². The molecule has 3 nitrogen and oxygen atoms in total. The summed E-state index contributed by atoms with van der Waals surface area (Å²) in [5.74, 6) is 0. The molecule has 0 aliphatic heterocycles. The van der Waals surface area contributed by atoms with Crippen LogP contribution >= 0.6 is 0 Å². The Morgan fingerprint density at radius 3 is 1.94 bits per heavy atom. The van der Waals surface area contributed by atoms with Gasteiger partial charge in [-0.05, 0) is 12.8 Å². The molecule has 0 aromatic rings. The Hall–Kier alpha value is -0.120. The van der Waals surface area contributed by atoms with Crippen molar-refractivity contribution in [2.75, 3.05) is 33.0 Å². The minimum atomic E-state index is 0.110. The zero-order valence-corrected chi connectivity index (χ0v) is 10.7. The molecule has 0 heterocycles. The molecule has 1 N–H and O–H groups in total. The van der Waals surface area contributed by atoms with Crippen LogP contribution in [0.5, 0.6) is 0 Å². The average Bonchev–Trinajstić information content (AvgIpc) is 2.31. The number of aliphatic hydroxyl groups is 1. The highest BCUT2D eigenvalue weighted by Gasteiger charge is 1.92. The zero-order valence-electron chi connectivity index (χ0n) is 10.7. The fourth-order valence-electron chi connectivity index (χ4n) is 1.52. The highest BCUT2D eigenvalue weighted by atomic mass is 16.5. The number of rotatable bonds is 13. The second-order valence-corrected chi connectivity index (χ2v) is 4.07. The van der Waals surface area contributed by atoms with Crippen molar-refractivity contribution in [3.05, 3.63) is 0 Å². The topological polar surface area (TPSA) is 38.7 Å². The van der Waals surface area contributed by atoms with Gasteiger partial charge in [0.1, 0.15) is 0 Å². The van der Waals surface area contributed by atoms with E-state index in [0.717, 1.165) is 19.6 Å². The van der Waals surface area contributed by atoms with Crippen LogP contribution in [-0.2, 0) is 9.47 Å². The van der Waals surface area contributed by atoms with Gasteiger partial charge < -0.3 is 14.6 Å². The van der Waals surface area contributed by atoms with Gasteiger partial charge in [0.05, 0.1) is 13.2 Å². The quantitative estimate of drug-likeness (QED) is 0.496. The second kappa shape index (κ2) is 14.9. The van der Waals surface area contributed by atoms with Gasteiger partial charge in [0.25, 0.3) is 0 Å². The minimum Gasteiger partial charge on any atom is -0.394 e. The molecule has 0 aliphatic carbocycles. The van der Waals surface area contributed by atoms with Crippen molar-refractivity contribution < 1.29 is 14.6 Å². The third-order valence-corrected chi connectivity index (χ3v) is 2.46. The molecule has 0 saturated heterocycles. The van der Waals surface area contributed by atoms with Crippen LogP contribution in [-0.4, -0.2) is 38.1 Å². The Kier molecular flexibility index (Phi) is 14.8. The lowest BCUT2D eigenvalue weighted by atomic mass is 10.1. The number of hydrogen-bond donors (Lipinski definition) is 1. The van der Waals surface area contributed by atoms with Crippen LogP contribution in [0.1, 0.15) is 51.9 Å². The third-order valence-electron chi connectivity index (χ3n) is 2.46. The Bertz CT molecular complexity index is 104. The standard InChI is InChI=1S/C13H28O3/c1-2-3-4-5-6-7-10-15-11-8-12-16-13-9-14/h14H,2-13H2,1H3. The van der Waals surface area contributed by atoms with Crippen molar-refractivity contribution in [2.45, 2.75) is 51.9 Å². The molecule has 0 atom stereocenters. The van der Waals surface area contributed by atoms with Crippen LogP contribution in [0.2, 0.25) is 0 Å². The molecule has 0 bridgehead atoms. The van der Waals surface area contributed by atoms with Crippen molar-refractivity contribution in [1.82, 2.24) is 0 Å². The molecule has 16 heavy (non-hydrogen) atoms. The Morgan fingerprint density at radius 2 is 1.25 bits per heavy atom. The van der Waals surface area contributed by atoms with E-state index in [1.54, 1.807) is 0 Å². The van der Waals surface area contributed by atoms with E-state index in [1.807, 2.05) is 0 Å². The molecule has 0 fully saturated rings. The average molecular weight is 232 g/mol. The smallest absolute Gasteiger partial charge is 0.0697 e. The van der Waals surface area contributed by atoms with Crippen molar-refractivity contribution in [2.24, 2.45) is 0 Å². The fraction of sp³-hybridized carbons (Fsp3) is 1.00. The van der Waals surface area contributed by atoms with E-state index in [9.17, 15) is 0 Å². The number of ether oxygens (including phenoxy) is 2. The first-order chi connectivity index (χ1) is 7.91. The molecular formula is C13H28O3. The third kappa shape index (κ3) is 13.9. The number of aliphatic hydroxyl groups excluding tert-OH is 1. The Morgan fingerprint density at radius 1 is 0.688 bits per heavy atom. The molecule has 0 saturated carbocycles. The molecule has 0 rings (SSSR count). The summed E-state index contributed by atoms with van der Waals surface area (Å²) in [4.78, 5) is 0. The molecule has 0 spiro atoms. The van der Waals surface area contributed by atoms with Crippen molar-refractivity contribution in [1.29, 1.82) is 0 Å². The first-order valence-corrected chi connectivity index (χ1v) is 6.68. The molecule has 0 aliphatic rings. The maximum Gasteiger partial charge on any atom is 0.0697 e. The van der Waals surface area contributed by atoms with E-state index in [-0.39, 0.29) is 6.61 Å².